The first kappa shape index (κ1) is 23.4. The van der Waals surface area contributed by atoms with Crippen LogP contribution in [0.4, 0.5) is 5.69 Å². The van der Waals surface area contributed by atoms with Gasteiger partial charge in [0.15, 0.2) is 0 Å². The van der Waals surface area contributed by atoms with Crippen molar-refractivity contribution in [3.8, 4) is 23.0 Å². The summed E-state index contributed by atoms with van der Waals surface area (Å²) in [4.78, 5) is 20.9. The number of nitrogens with zero attached hydrogens (tertiary/aromatic N) is 3. The molecular formula is C29H29ClN4O. The van der Waals surface area contributed by atoms with Gasteiger partial charge in [0.25, 0.3) is 0 Å². The Labute approximate surface area is 211 Å². The van der Waals surface area contributed by atoms with Gasteiger partial charge in [-0.1, -0.05) is 35.7 Å². The van der Waals surface area contributed by atoms with E-state index >= 15 is 0 Å². The van der Waals surface area contributed by atoms with Gasteiger partial charge in [-0.05, 0) is 86.3 Å². The number of pyridine rings is 1. The minimum Gasteiger partial charge on any atom is -0.370 e. The van der Waals surface area contributed by atoms with E-state index in [4.69, 9.17) is 17.3 Å². The van der Waals surface area contributed by atoms with Crippen LogP contribution < -0.4 is 10.6 Å². The molecule has 178 valence electrons. The number of anilines is 1. The number of hydrogen-bond donors (Lipinski definition) is 1. The van der Waals surface area contributed by atoms with E-state index in [0.717, 1.165) is 72.8 Å². The third-order valence-electron chi connectivity index (χ3n) is 7.12. The highest BCUT2D eigenvalue weighted by atomic mass is 35.5. The fraction of sp³-hybridized carbons (Fsp3) is 0.310. The Kier molecular flexibility index (Phi) is 7.03. The number of amides is 1. The molecule has 2 aliphatic rings. The number of rotatable bonds is 4. The quantitative estimate of drug-likeness (QED) is 0.551. The number of carbonyl (C=O) groups is 1. The van der Waals surface area contributed by atoms with Gasteiger partial charge < -0.3 is 10.6 Å². The van der Waals surface area contributed by atoms with Gasteiger partial charge in [-0.25, -0.2) is 4.98 Å². The first-order valence-corrected chi connectivity index (χ1v) is 12.6. The molecule has 6 heteroatoms. The van der Waals surface area contributed by atoms with Crippen LogP contribution in [-0.4, -0.2) is 48.0 Å². The standard InChI is InChI=1S/C29H29ClN4O/c30-25-7-4-22(5-8-25)24-6-10-26(32-19-24)9-1-21-2-11-27(12-3-21)34-18-15-28(20-34)33-16-13-23(14-17-33)29(31)35/h2-8,10-12,19,23,28H,13-18,20H2,(H2,31,35). The van der Waals surface area contributed by atoms with Crippen LogP contribution in [0.25, 0.3) is 11.1 Å². The zero-order chi connectivity index (χ0) is 24.2. The number of hydrogen-bond acceptors (Lipinski definition) is 4. The fourth-order valence-corrected chi connectivity index (χ4v) is 5.12. The van der Waals surface area contributed by atoms with Gasteiger partial charge in [0, 0.05) is 53.1 Å². The second-order valence-electron chi connectivity index (χ2n) is 9.34. The van der Waals surface area contributed by atoms with Crippen LogP contribution >= 0.6 is 11.6 Å². The van der Waals surface area contributed by atoms with Crippen molar-refractivity contribution in [2.45, 2.75) is 25.3 Å². The van der Waals surface area contributed by atoms with Gasteiger partial charge >= 0.3 is 0 Å². The van der Waals surface area contributed by atoms with Crippen LogP contribution in [0.15, 0.2) is 66.9 Å². The van der Waals surface area contributed by atoms with E-state index in [9.17, 15) is 4.79 Å². The fourth-order valence-electron chi connectivity index (χ4n) is 5.00. The summed E-state index contributed by atoms with van der Waals surface area (Å²) in [5.74, 6) is 6.29. The van der Waals surface area contributed by atoms with Crippen molar-refractivity contribution in [2.24, 2.45) is 11.7 Å². The summed E-state index contributed by atoms with van der Waals surface area (Å²) in [6.45, 7) is 4.01. The molecule has 0 radical (unpaired) electrons. The molecule has 2 N–H and O–H groups in total. The van der Waals surface area contributed by atoms with E-state index in [0.29, 0.717) is 6.04 Å². The summed E-state index contributed by atoms with van der Waals surface area (Å²) >= 11 is 5.97. The Bertz CT molecular complexity index is 1220. The van der Waals surface area contributed by atoms with E-state index in [-0.39, 0.29) is 11.8 Å². The maximum absolute atomic E-state index is 11.4. The summed E-state index contributed by atoms with van der Waals surface area (Å²) in [5, 5.41) is 0.724. The van der Waals surface area contributed by atoms with Gasteiger partial charge in [-0.2, -0.15) is 0 Å². The Hall–Kier alpha value is -3.33. The molecule has 0 aliphatic carbocycles. The number of likely N-dealkylation sites (tertiary alicyclic amines) is 1. The lowest BCUT2D eigenvalue weighted by atomic mass is 9.95. The molecule has 2 aromatic carbocycles. The van der Waals surface area contributed by atoms with Crippen molar-refractivity contribution in [2.75, 3.05) is 31.1 Å². The van der Waals surface area contributed by atoms with Crippen molar-refractivity contribution in [3.63, 3.8) is 0 Å². The average molecular weight is 485 g/mol. The van der Waals surface area contributed by atoms with Gasteiger partial charge in [-0.15, -0.1) is 0 Å². The molecule has 0 bridgehead atoms. The molecule has 1 amide bonds. The predicted molar refractivity (Wildman–Crippen MR) is 141 cm³/mol. The third kappa shape index (κ3) is 5.67. The van der Waals surface area contributed by atoms with E-state index in [1.54, 1.807) is 0 Å². The molecule has 5 nitrogen and oxygen atoms in total. The molecule has 2 saturated heterocycles. The van der Waals surface area contributed by atoms with E-state index in [1.165, 1.54) is 5.69 Å². The molecule has 1 atom stereocenters. The molecule has 0 saturated carbocycles. The van der Waals surface area contributed by atoms with Crippen molar-refractivity contribution in [3.05, 3.63) is 83.1 Å². The smallest absolute Gasteiger partial charge is 0.220 e. The third-order valence-corrected chi connectivity index (χ3v) is 7.37. The zero-order valence-corrected chi connectivity index (χ0v) is 20.4. The number of nitrogens with two attached hydrogens (primary N) is 1. The van der Waals surface area contributed by atoms with E-state index in [2.05, 4.69) is 50.9 Å². The minimum atomic E-state index is -0.147. The van der Waals surface area contributed by atoms with Crippen molar-refractivity contribution >= 4 is 23.2 Å². The Morgan fingerprint density at radius 2 is 1.60 bits per heavy atom. The number of piperidine rings is 1. The van der Waals surface area contributed by atoms with Crippen molar-refractivity contribution < 1.29 is 4.79 Å². The highest BCUT2D eigenvalue weighted by Crippen LogP contribution is 2.27. The molecule has 0 spiro atoms. The number of primary amides is 1. The second-order valence-corrected chi connectivity index (χ2v) is 9.77. The summed E-state index contributed by atoms with van der Waals surface area (Å²) in [5.41, 5.74) is 10.6. The highest BCUT2D eigenvalue weighted by molar-refractivity contribution is 6.30. The summed E-state index contributed by atoms with van der Waals surface area (Å²) in [6, 6.07) is 20.7. The predicted octanol–water partition coefficient (Wildman–Crippen LogP) is 4.58. The molecular weight excluding hydrogens is 456 g/mol. The highest BCUT2D eigenvalue weighted by Gasteiger charge is 2.31. The Morgan fingerprint density at radius 1 is 0.886 bits per heavy atom. The number of carbonyl (C=O) groups excluding carboxylic acids is 1. The average Bonchev–Trinajstić information content (AvgIpc) is 3.39. The van der Waals surface area contributed by atoms with Crippen LogP contribution in [-0.2, 0) is 4.79 Å². The van der Waals surface area contributed by atoms with E-state index < -0.39 is 0 Å². The molecule has 1 unspecified atom stereocenters. The maximum Gasteiger partial charge on any atom is 0.220 e. The molecule has 35 heavy (non-hydrogen) atoms. The van der Waals surface area contributed by atoms with Crippen molar-refractivity contribution in [1.82, 2.24) is 9.88 Å². The number of aromatic nitrogens is 1. The maximum atomic E-state index is 11.4. The lowest BCUT2D eigenvalue weighted by molar-refractivity contribution is -0.123. The first-order valence-electron chi connectivity index (χ1n) is 12.2. The van der Waals surface area contributed by atoms with Gasteiger partial charge in [-0.3, -0.25) is 9.69 Å². The number of halogens is 1. The van der Waals surface area contributed by atoms with Gasteiger partial charge in [0.05, 0.1) is 0 Å². The van der Waals surface area contributed by atoms with Crippen LogP contribution in [0, 0.1) is 17.8 Å². The lowest BCUT2D eigenvalue weighted by Crippen LogP contribution is -2.45. The Balaban J connectivity index is 1.17. The normalized spacial score (nSPS) is 18.8. The van der Waals surface area contributed by atoms with Crippen LogP contribution in [0.2, 0.25) is 5.02 Å². The van der Waals surface area contributed by atoms with E-state index in [1.807, 2.05) is 42.6 Å². The van der Waals surface area contributed by atoms with Crippen LogP contribution in [0.3, 0.4) is 0 Å². The molecule has 3 heterocycles. The van der Waals surface area contributed by atoms with Gasteiger partial charge in [0.2, 0.25) is 5.91 Å². The summed E-state index contributed by atoms with van der Waals surface area (Å²) in [7, 11) is 0. The van der Waals surface area contributed by atoms with Crippen LogP contribution in [0.1, 0.15) is 30.5 Å². The summed E-state index contributed by atoms with van der Waals surface area (Å²) < 4.78 is 0. The molecule has 5 rings (SSSR count). The number of benzene rings is 2. The second kappa shape index (κ2) is 10.5. The van der Waals surface area contributed by atoms with Crippen LogP contribution in [0.5, 0.6) is 0 Å². The SMILES string of the molecule is NC(=O)C1CCN(C2CCN(c3ccc(C#Cc4ccc(-c5ccc(Cl)cc5)cn4)cc3)C2)CC1. The Morgan fingerprint density at radius 3 is 2.26 bits per heavy atom. The minimum absolute atomic E-state index is 0.0500. The molecule has 2 fully saturated rings. The summed E-state index contributed by atoms with van der Waals surface area (Å²) in [6.07, 6.45) is 4.77. The molecule has 1 aromatic heterocycles. The zero-order valence-electron chi connectivity index (χ0n) is 19.7. The van der Waals surface area contributed by atoms with Crippen molar-refractivity contribution in [1.29, 1.82) is 0 Å². The largest absolute Gasteiger partial charge is 0.370 e. The first-order chi connectivity index (χ1) is 17.0. The molecule has 3 aromatic rings. The monoisotopic (exact) mass is 484 g/mol. The lowest BCUT2D eigenvalue weighted by Gasteiger charge is -2.35. The van der Waals surface area contributed by atoms with Gasteiger partial charge in [0.1, 0.15) is 5.69 Å². The molecule has 2 aliphatic heterocycles. The topological polar surface area (TPSA) is 62.5 Å².